The van der Waals surface area contributed by atoms with Gasteiger partial charge < -0.3 is 0 Å². The van der Waals surface area contributed by atoms with E-state index in [1.165, 1.54) is 11.1 Å². The van der Waals surface area contributed by atoms with Gasteiger partial charge >= 0.3 is 0 Å². The molecule has 0 unspecified atom stereocenters. The van der Waals surface area contributed by atoms with Crippen molar-refractivity contribution in [2.75, 3.05) is 0 Å². The zero-order valence-electron chi connectivity index (χ0n) is 10.1. The van der Waals surface area contributed by atoms with E-state index in [0.717, 1.165) is 25.7 Å². The van der Waals surface area contributed by atoms with E-state index in [2.05, 4.69) is 26.2 Å². The summed E-state index contributed by atoms with van der Waals surface area (Å²) in [5.41, 5.74) is 2.68. The Morgan fingerprint density at radius 2 is 2.31 bits per heavy atom. The van der Waals surface area contributed by atoms with Crippen LogP contribution in [-0.2, 0) is 4.79 Å². The highest BCUT2D eigenvalue weighted by Gasteiger charge is 2.40. The lowest BCUT2D eigenvalue weighted by Crippen LogP contribution is -2.33. The van der Waals surface area contributed by atoms with Crippen LogP contribution in [0, 0.1) is 11.3 Å². The molecule has 2 rings (SSSR count). The maximum atomic E-state index is 11.5. The van der Waals surface area contributed by atoms with Crippen molar-refractivity contribution in [1.29, 1.82) is 0 Å². The molecule has 0 spiro atoms. The van der Waals surface area contributed by atoms with Crippen LogP contribution in [0.1, 0.15) is 39.0 Å². The monoisotopic (exact) mass is 216 g/mol. The average Bonchev–Trinajstić information content (AvgIpc) is 2.28. The number of ketones is 1. The maximum Gasteiger partial charge on any atom is 0.155 e. The molecule has 0 amide bonds. The Labute approximate surface area is 97.9 Å². The fourth-order valence-electron chi connectivity index (χ4n) is 3.08. The molecule has 2 atom stereocenters. The SMILES string of the molecule is C=C[C@]12CCC(=O)C=C1CC[C@@H](C(=C)C)C2. The van der Waals surface area contributed by atoms with Crippen LogP contribution < -0.4 is 0 Å². The van der Waals surface area contributed by atoms with Gasteiger partial charge in [-0.05, 0) is 44.6 Å². The van der Waals surface area contributed by atoms with Gasteiger partial charge in [-0.2, -0.15) is 0 Å². The third kappa shape index (κ3) is 1.79. The molecular weight excluding hydrogens is 196 g/mol. The topological polar surface area (TPSA) is 17.1 Å². The molecule has 86 valence electrons. The maximum absolute atomic E-state index is 11.5. The fourth-order valence-corrected chi connectivity index (χ4v) is 3.08. The molecule has 0 heterocycles. The molecule has 0 bridgehead atoms. The zero-order valence-corrected chi connectivity index (χ0v) is 10.1. The second kappa shape index (κ2) is 4.04. The van der Waals surface area contributed by atoms with Gasteiger partial charge in [0, 0.05) is 11.8 Å². The summed E-state index contributed by atoms with van der Waals surface area (Å²) < 4.78 is 0. The summed E-state index contributed by atoms with van der Waals surface area (Å²) in [7, 11) is 0. The first-order chi connectivity index (χ1) is 7.57. The number of hydrogen-bond acceptors (Lipinski definition) is 1. The third-order valence-corrected chi connectivity index (χ3v) is 4.25. The second-order valence-corrected chi connectivity index (χ2v) is 5.28. The molecule has 0 aliphatic heterocycles. The summed E-state index contributed by atoms with van der Waals surface area (Å²) >= 11 is 0. The van der Waals surface area contributed by atoms with Gasteiger partial charge in [0.1, 0.15) is 0 Å². The van der Waals surface area contributed by atoms with Gasteiger partial charge in [-0.3, -0.25) is 4.79 Å². The lowest BCUT2D eigenvalue weighted by molar-refractivity contribution is -0.115. The molecule has 0 N–H and O–H groups in total. The van der Waals surface area contributed by atoms with Crippen molar-refractivity contribution in [2.24, 2.45) is 11.3 Å². The van der Waals surface area contributed by atoms with Crippen molar-refractivity contribution in [1.82, 2.24) is 0 Å². The van der Waals surface area contributed by atoms with E-state index in [9.17, 15) is 4.79 Å². The molecule has 0 saturated heterocycles. The number of hydrogen-bond donors (Lipinski definition) is 0. The Morgan fingerprint density at radius 3 is 2.94 bits per heavy atom. The Bertz CT molecular complexity index is 375. The Balaban J connectivity index is 2.31. The predicted molar refractivity (Wildman–Crippen MR) is 67.1 cm³/mol. The van der Waals surface area contributed by atoms with Crippen molar-refractivity contribution >= 4 is 5.78 Å². The van der Waals surface area contributed by atoms with Crippen LogP contribution in [0.3, 0.4) is 0 Å². The lowest BCUT2D eigenvalue weighted by Gasteiger charge is -2.43. The van der Waals surface area contributed by atoms with Crippen molar-refractivity contribution < 1.29 is 4.79 Å². The predicted octanol–water partition coefficient (Wildman–Crippen LogP) is 3.82. The number of allylic oxidation sites excluding steroid dienone is 4. The van der Waals surface area contributed by atoms with Gasteiger partial charge in [0.05, 0.1) is 0 Å². The molecular formula is C15H20O. The molecule has 1 saturated carbocycles. The van der Waals surface area contributed by atoms with Crippen LogP contribution in [-0.4, -0.2) is 5.78 Å². The minimum absolute atomic E-state index is 0.0930. The molecule has 16 heavy (non-hydrogen) atoms. The number of fused-ring (bicyclic) bond motifs is 1. The van der Waals surface area contributed by atoms with E-state index in [0.29, 0.717) is 18.1 Å². The molecule has 0 aromatic rings. The summed E-state index contributed by atoms with van der Waals surface area (Å²) in [6.45, 7) is 10.2. The highest BCUT2D eigenvalue weighted by molar-refractivity contribution is 5.91. The smallest absolute Gasteiger partial charge is 0.155 e. The number of carbonyl (C=O) groups is 1. The summed E-state index contributed by atoms with van der Waals surface area (Å²) in [5, 5.41) is 0. The van der Waals surface area contributed by atoms with Gasteiger partial charge in [0.2, 0.25) is 0 Å². The third-order valence-electron chi connectivity index (χ3n) is 4.25. The first kappa shape index (κ1) is 11.4. The average molecular weight is 216 g/mol. The van der Waals surface area contributed by atoms with Crippen LogP contribution in [0.15, 0.2) is 36.5 Å². The first-order valence-electron chi connectivity index (χ1n) is 6.10. The molecule has 2 aliphatic carbocycles. The van der Waals surface area contributed by atoms with E-state index in [1.807, 2.05) is 6.08 Å². The molecule has 1 fully saturated rings. The van der Waals surface area contributed by atoms with E-state index in [4.69, 9.17) is 0 Å². The quantitative estimate of drug-likeness (QED) is 0.641. The van der Waals surface area contributed by atoms with Crippen molar-refractivity contribution in [2.45, 2.75) is 39.0 Å². The first-order valence-corrected chi connectivity index (χ1v) is 6.10. The van der Waals surface area contributed by atoms with E-state index in [1.54, 1.807) is 0 Å². The number of carbonyl (C=O) groups excluding carboxylic acids is 1. The summed E-state index contributed by atoms with van der Waals surface area (Å²) in [6.07, 6.45) is 8.86. The van der Waals surface area contributed by atoms with Gasteiger partial charge in [-0.25, -0.2) is 0 Å². The van der Waals surface area contributed by atoms with Crippen LogP contribution in [0.2, 0.25) is 0 Å². The summed E-state index contributed by atoms with van der Waals surface area (Å²) in [5.74, 6) is 0.893. The minimum atomic E-state index is 0.0930. The molecule has 0 aromatic heterocycles. The molecule has 1 nitrogen and oxygen atoms in total. The molecule has 1 heteroatoms. The van der Waals surface area contributed by atoms with E-state index < -0.39 is 0 Å². The Hall–Kier alpha value is -1.11. The zero-order chi connectivity index (χ0) is 11.8. The van der Waals surface area contributed by atoms with E-state index in [-0.39, 0.29) is 5.41 Å². The molecule has 2 aliphatic rings. The normalized spacial score (nSPS) is 33.9. The largest absolute Gasteiger partial charge is 0.295 e. The Morgan fingerprint density at radius 1 is 1.56 bits per heavy atom. The summed E-state index contributed by atoms with van der Waals surface area (Å²) in [4.78, 5) is 11.5. The van der Waals surface area contributed by atoms with Crippen LogP contribution in [0.25, 0.3) is 0 Å². The minimum Gasteiger partial charge on any atom is -0.295 e. The standard InChI is InChI=1S/C15H20O/c1-4-15-8-7-14(16)9-13(15)6-5-12(10-15)11(2)3/h4,9,12H,1-2,5-8,10H2,3H3/t12-,15-/m1/s1. The van der Waals surface area contributed by atoms with Crippen LogP contribution >= 0.6 is 0 Å². The Kier molecular flexibility index (Phi) is 2.88. The lowest BCUT2D eigenvalue weighted by atomic mass is 9.61. The van der Waals surface area contributed by atoms with Crippen molar-refractivity contribution in [3.8, 4) is 0 Å². The molecule has 0 aromatic carbocycles. The fraction of sp³-hybridized carbons (Fsp3) is 0.533. The van der Waals surface area contributed by atoms with Gasteiger partial charge in [-0.15, -0.1) is 6.58 Å². The van der Waals surface area contributed by atoms with Crippen LogP contribution in [0.4, 0.5) is 0 Å². The highest BCUT2D eigenvalue weighted by Crippen LogP contribution is 2.50. The van der Waals surface area contributed by atoms with Crippen molar-refractivity contribution in [3.05, 3.63) is 36.5 Å². The summed E-state index contributed by atoms with van der Waals surface area (Å²) in [6, 6.07) is 0. The molecule has 0 radical (unpaired) electrons. The highest BCUT2D eigenvalue weighted by atomic mass is 16.1. The number of rotatable bonds is 2. The van der Waals surface area contributed by atoms with Gasteiger partial charge in [0.25, 0.3) is 0 Å². The van der Waals surface area contributed by atoms with Gasteiger partial charge in [0.15, 0.2) is 5.78 Å². The van der Waals surface area contributed by atoms with E-state index >= 15 is 0 Å². The van der Waals surface area contributed by atoms with Gasteiger partial charge in [-0.1, -0.05) is 23.8 Å². The van der Waals surface area contributed by atoms with Crippen LogP contribution in [0.5, 0.6) is 0 Å². The second-order valence-electron chi connectivity index (χ2n) is 5.28. The van der Waals surface area contributed by atoms with Crippen molar-refractivity contribution in [3.63, 3.8) is 0 Å².